The summed E-state index contributed by atoms with van der Waals surface area (Å²) in [7, 11) is 0. The number of carbonyl (C=O) groups is 2. The molecule has 0 aromatic heterocycles. The van der Waals surface area contributed by atoms with Crippen molar-refractivity contribution in [3.63, 3.8) is 0 Å². The maximum Gasteiger partial charge on any atom is 0.232 e. The Balaban J connectivity index is 1.42. The highest BCUT2D eigenvalue weighted by Crippen LogP contribution is 2.45. The zero-order valence-electron chi connectivity index (χ0n) is 18.2. The van der Waals surface area contributed by atoms with Gasteiger partial charge in [-0.2, -0.15) is 0 Å². The Morgan fingerprint density at radius 3 is 2.63 bits per heavy atom. The number of likely N-dealkylation sites (tertiary alicyclic amines) is 1. The summed E-state index contributed by atoms with van der Waals surface area (Å²) in [5.41, 5.74) is 0.122. The quantitative estimate of drug-likeness (QED) is 0.748. The summed E-state index contributed by atoms with van der Waals surface area (Å²) in [5, 5.41) is 3.84. The molecule has 1 aromatic rings. The molecule has 0 radical (unpaired) electrons. The van der Waals surface area contributed by atoms with Crippen LogP contribution in [0.4, 0.5) is 0 Å². The molecule has 3 heterocycles. The summed E-state index contributed by atoms with van der Waals surface area (Å²) in [6, 6.07) is 8.39. The van der Waals surface area contributed by atoms with E-state index < -0.39 is 5.41 Å². The number of halogens is 1. The van der Waals surface area contributed by atoms with Crippen LogP contribution in [0.2, 0.25) is 5.02 Å². The molecule has 2 amide bonds. The highest BCUT2D eigenvalue weighted by molar-refractivity contribution is 6.31. The molecule has 3 saturated heterocycles. The van der Waals surface area contributed by atoms with Crippen molar-refractivity contribution in [1.82, 2.24) is 15.1 Å². The summed E-state index contributed by atoms with van der Waals surface area (Å²) in [4.78, 5) is 30.3. The Bertz CT molecular complexity index is 790. The summed E-state index contributed by atoms with van der Waals surface area (Å²) >= 11 is 6.54. The van der Waals surface area contributed by atoms with Crippen molar-refractivity contribution in [2.24, 2.45) is 5.92 Å². The van der Waals surface area contributed by atoms with Crippen LogP contribution < -0.4 is 5.32 Å². The lowest BCUT2D eigenvalue weighted by Crippen LogP contribution is -2.48. The highest BCUT2D eigenvalue weighted by atomic mass is 35.5. The standard InChI is InChI=1S/C24H34ClN3O2/c1-17(2)27-13-10-18(11-14-27)9-12-26-23(30)24(20-5-3-4-6-21(20)25)15-19-7-8-22(29)28(19)16-24/h3-6,17-19H,7-16H2,1-2H3,(H,26,30)/t19-,24+/m0/s1. The molecule has 2 atom stereocenters. The third kappa shape index (κ3) is 4.11. The number of benzene rings is 1. The number of carbonyl (C=O) groups excluding carboxylic acids is 2. The van der Waals surface area contributed by atoms with Crippen LogP contribution in [0, 0.1) is 5.92 Å². The Labute approximate surface area is 185 Å². The first-order valence-electron chi connectivity index (χ1n) is 11.5. The predicted molar refractivity (Wildman–Crippen MR) is 120 cm³/mol. The molecule has 4 rings (SSSR count). The summed E-state index contributed by atoms with van der Waals surface area (Å²) < 4.78 is 0. The second-order valence-electron chi connectivity index (χ2n) is 9.60. The van der Waals surface area contributed by atoms with Crippen LogP contribution in [0.3, 0.4) is 0 Å². The van der Waals surface area contributed by atoms with Crippen molar-refractivity contribution >= 4 is 23.4 Å². The van der Waals surface area contributed by atoms with Crippen molar-refractivity contribution in [2.45, 2.75) is 69.9 Å². The maximum atomic E-state index is 13.5. The topological polar surface area (TPSA) is 52.7 Å². The molecular formula is C24H34ClN3O2. The molecule has 1 N–H and O–H groups in total. The number of amides is 2. The van der Waals surface area contributed by atoms with Crippen molar-refractivity contribution in [1.29, 1.82) is 0 Å². The molecule has 5 nitrogen and oxygen atoms in total. The van der Waals surface area contributed by atoms with E-state index in [9.17, 15) is 9.59 Å². The first-order valence-corrected chi connectivity index (χ1v) is 11.9. The molecule has 3 aliphatic rings. The van der Waals surface area contributed by atoms with Gasteiger partial charge in [0, 0.05) is 36.6 Å². The molecule has 0 bridgehead atoms. The molecule has 3 aliphatic heterocycles. The largest absolute Gasteiger partial charge is 0.355 e. The fraction of sp³-hybridized carbons (Fsp3) is 0.667. The molecule has 0 aliphatic carbocycles. The molecule has 0 saturated carbocycles. The Hall–Kier alpha value is -1.59. The third-order valence-electron chi connectivity index (χ3n) is 7.52. The minimum atomic E-state index is -0.736. The van der Waals surface area contributed by atoms with Gasteiger partial charge in [0.2, 0.25) is 11.8 Å². The normalized spacial score (nSPS) is 27.7. The predicted octanol–water partition coefficient (Wildman–Crippen LogP) is 3.60. The monoisotopic (exact) mass is 431 g/mol. The molecule has 164 valence electrons. The molecule has 6 heteroatoms. The first kappa shape index (κ1) is 21.6. The van der Waals surface area contributed by atoms with Gasteiger partial charge in [-0.05, 0) is 76.6 Å². The van der Waals surface area contributed by atoms with Gasteiger partial charge in [0.1, 0.15) is 0 Å². The first-order chi connectivity index (χ1) is 14.4. The fourth-order valence-electron chi connectivity index (χ4n) is 5.63. The van der Waals surface area contributed by atoms with Crippen molar-refractivity contribution in [3.8, 4) is 0 Å². The SMILES string of the molecule is CC(C)N1CCC(CCNC(=O)[C@]2(c3ccccc3Cl)C[C@@H]3CCC(=O)N3C2)CC1. The van der Waals surface area contributed by atoms with Gasteiger partial charge >= 0.3 is 0 Å². The van der Waals surface area contributed by atoms with Crippen LogP contribution in [0.1, 0.15) is 57.9 Å². The van der Waals surface area contributed by atoms with E-state index in [0.29, 0.717) is 42.9 Å². The van der Waals surface area contributed by atoms with Crippen LogP contribution in [0.5, 0.6) is 0 Å². The average Bonchev–Trinajstić information content (AvgIpc) is 3.28. The van der Waals surface area contributed by atoms with Gasteiger partial charge < -0.3 is 15.1 Å². The Morgan fingerprint density at radius 2 is 1.97 bits per heavy atom. The lowest BCUT2D eigenvalue weighted by molar-refractivity contribution is -0.129. The number of nitrogens with zero attached hydrogens (tertiary/aromatic N) is 2. The number of fused-ring (bicyclic) bond motifs is 1. The lowest BCUT2D eigenvalue weighted by atomic mass is 9.76. The lowest BCUT2D eigenvalue weighted by Gasteiger charge is -2.35. The summed E-state index contributed by atoms with van der Waals surface area (Å²) in [6.07, 6.45) is 5.53. The number of hydrogen-bond acceptors (Lipinski definition) is 3. The molecule has 1 aromatic carbocycles. The smallest absolute Gasteiger partial charge is 0.232 e. The van der Waals surface area contributed by atoms with Crippen molar-refractivity contribution in [2.75, 3.05) is 26.2 Å². The molecule has 30 heavy (non-hydrogen) atoms. The minimum Gasteiger partial charge on any atom is -0.355 e. The van der Waals surface area contributed by atoms with E-state index in [0.717, 1.165) is 31.5 Å². The van der Waals surface area contributed by atoms with Crippen molar-refractivity contribution in [3.05, 3.63) is 34.9 Å². The van der Waals surface area contributed by atoms with Crippen LogP contribution in [0.15, 0.2) is 24.3 Å². The minimum absolute atomic E-state index is 0.0254. The van der Waals surface area contributed by atoms with Gasteiger partial charge in [0.05, 0.1) is 5.41 Å². The third-order valence-corrected chi connectivity index (χ3v) is 7.85. The Kier molecular flexibility index (Phi) is 6.40. The van der Waals surface area contributed by atoms with E-state index in [1.165, 1.54) is 12.8 Å². The van der Waals surface area contributed by atoms with Gasteiger partial charge in [0.25, 0.3) is 0 Å². The van der Waals surface area contributed by atoms with E-state index in [-0.39, 0.29) is 17.9 Å². The average molecular weight is 432 g/mol. The van der Waals surface area contributed by atoms with Crippen LogP contribution >= 0.6 is 11.6 Å². The van der Waals surface area contributed by atoms with Gasteiger partial charge in [-0.25, -0.2) is 0 Å². The van der Waals surface area contributed by atoms with E-state index in [2.05, 4.69) is 24.1 Å². The zero-order chi connectivity index (χ0) is 21.3. The van der Waals surface area contributed by atoms with Crippen LogP contribution in [-0.2, 0) is 15.0 Å². The van der Waals surface area contributed by atoms with Crippen molar-refractivity contribution < 1.29 is 9.59 Å². The summed E-state index contributed by atoms with van der Waals surface area (Å²) in [6.45, 7) is 7.95. The second kappa shape index (κ2) is 8.88. The van der Waals surface area contributed by atoms with E-state index in [1.54, 1.807) is 0 Å². The van der Waals surface area contributed by atoms with Crippen LogP contribution in [0.25, 0.3) is 0 Å². The Morgan fingerprint density at radius 1 is 1.23 bits per heavy atom. The van der Waals surface area contributed by atoms with E-state index in [4.69, 9.17) is 11.6 Å². The van der Waals surface area contributed by atoms with Crippen LogP contribution in [-0.4, -0.2) is 59.9 Å². The number of piperidine rings is 1. The van der Waals surface area contributed by atoms with Gasteiger partial charge in [-0.15, -0.1) is 0 Å². The van der Waals surface area contributed by atoms with Gasteiger partial charge in [-0.3, -0.25) is 9.59 Å². The summed E-state index contributed by atoms with van der Waals surface area (Å²) in [5.74, 6) is 0.862. The molecule has 0 spiro atoms. The second-order valence-corrected chi connectivity index (χ2v) is 10.0. The highest BCUT2D eigenvalue weighted by Gasteiger charge is 2.54. The maximum absolute atomic E-state index is 13.5. The molecular weight excluding hydrogens is 398 g/mol. The molecule has 3 fully saturated rings. The van der Waals surface area contributed by atoms with Gasteiger partial charge in [-0.1, -0.05) is 29.8 Å². The number of nitrogens with one attached hydrogen (secondary N) is 1. The number of hydrogen-bond donors (Lipinski definition) is 1. The fourth-order valence-corrected chi connectivity index (χ4v) is 5.95. The molecule has 0 unspecified atom stereocenters. The van der Waals surface area contributed by atoms with E-state index >= 15 is 0 Å². The van der Waals surface area contributed by atoms with E-state index in [1.807, 2.05) is 29.2 Å². The number of rotatable bonds is 6. The zero-order valence-corrected chi connectivity index (χ0v) is 19.0. The van der Waals surface area contributed by atoms with Gasteiger partial charge in [0.15, 0.2) is 0 Å².